The van der Waals surface area contributed by atoms with E-state index in [-0.39, 0.29) is 6.10 Å². The van der Waals surface area contributed by atoms with Gasteiger partial charge in [0, 0.05) is 0 Å². The predicted molar refractivity (Wildman–Crippen MR) is 78.9 cm³/mol. The van der Waals surface area contributed by atoms with Gasteiger partial charge in [0.1, 0.15) is 11.4 Å². The van der Waals surface area contributed by atoms with E-state index < -0.39 is 0 Å². The molecule has 0 amide bonds. The average molecular weight is 280 g/mol. The van der Waals surface area contributed by atoms with Gasteiger partial charge in [0.15, 0.2) is 11.6 Å². The van der Waals surface area contributed by atoms with Crippen LogP contribution in [0.2, 0.25) is 0 Å². The summed E-state index contributed by atoms with van der Waals surface area (Å²) in [6, 6.07) is 1.96. The summed E-state index contributed by atoms with van der Waals surface area (Å²) >= 11 is 1.57. The van der Waals surface area contributed by atoms with Crippen molar-refractivity contribution in [2.75, 3.05) is 5.43 Å². The van der Waals surface area contributed by atoms with Gasteiger partial charge in [-0.2, -0.15) is 0 Å². The van der Waals surface area contributed by atoms with Gasteiger partial charge in [-0.1, -0.05) is 13.8 Å². The summed E-state index contributed by atoms with van der Waals surface area (Å²) in [5, 5.41) is 2.93. The summed E-state index contributed by atoms with van der Waals surface area (Å²) in [5.74, 6) is 7.43. The Hall–Kier alpha value is -1.24. The van der Waals surface area contributed by atoms with Gasteiger partial charge >= 0.3 is 0 Å². The number of fused-ring (bicyclic) bond motifs is 1. The predicted octanol–water partition coefficient (Wildman–Crippen LogP) is 2.93. The van der Waals surface area contributed by atoms with E-state index in [1.807, 2.05) is 11.4 Å². The SMILES string of the molecule is CC(C)CC(C)OCc1nc(NN)c2ccsc2n1. The molecule has 0 aliphatic rings. The van der Waals surface area contributed by atoms with E-state index >= 15 is 0 Å². The van der Waals surface area contributed by atoms with Crippen LogP contribution in [0.5, 0.6) is 0 Å². The maximum absolute atomic E-state index is 5.77. The van der Waals surface area contributed by atoms with Crippen molar-refractivity contribution in [2.45, 2.75) is 39.9 Å². The number of rotatable bonds is 6. The van der Waals surface area contributed by atoms with Gasteiger partial charge in [-0.3, -0.25) is 0 Å². The Labute approximate surface area is 117 Å². The fourth-order valence-electron chi connectivity index (χ4n) is 2.02. The molecule has 2 rings (SSSR count). The number of nitrogen functional groups attached to an aromatic ring is 1. The van der Waals surface area contributed by atoms with Crippen molar-refractivity contribution in [2.24, 2.45) is 11.8 Å². The van der Waals surface area contributed by atoms with Crippen molar-refractivity contribution in [1.82, 2.24) is 9.97 Å². The maximum Gasteiger partial charge on any atom is 0.158 e. The van der Waals surface area contributed by atoms with E-state index in [0.717, 1.165) is 16.6 Å². The lowest BCUT2D eigenvalue weighted by atomic mass is 10.1. The van der Waals surface area contributed by atoms with Crippen LogP contribution in [0, 0.1) is 5.92 Å². The molecule has 2 heterocycles. The zero-order valence-corrected chi connectivity index (χ0v) is 12.3. The van der Waals surface area contributed by atoms with E-state index in [2.05, 4.69) is 36.2 Å². The monoisotopic (exact) mass is 280 g/mol. The van der Waals surface area contributed by atoms with Crippen LogP contribution in [0.3, 0.4) is 0 Å². The van der Waals surface area contributed by atoms with E-state index in [1.54, 1.807) is 11.3 Å². The number of hydrazine groups is 1. The highest BCUT2D eigenvalue weighted by atomic mass is 32.1. The van der Waals surface area contributed by atoms with E-state index in [0.29, 0.717) is 24.2 Å². The average Bonchev–Trinajstić information content (AvgIpc) is 2.82. The summed E-state index contributed by atoms with van der Waals surface area (Å²) in [7, 11) is 0. The molecule has 5 nitrogen and oxygen atoms in total. The van der Waals surface area contributed by atoms with Crippen molar-refractivity contribution in [1.29, 1.82) is 0 Å². The third-order valence-electron chi connectivity index (χ3n) is 2.81. The second-order valence-electron chi connectivity index (χ2n) is 5.02. The van der Waals surface area contributed by atoms with Crippen molar-refractivity contribution in [3.63, 3.8) is 0 Å². The highest BCUT2D eigenvalue weighted by Crippen LogP contribution is 2.24. The number of thiophene rings is 1. The Morgan fingerprint density at radius 2 is 2.16 bits per heavy atom. The first kappa shape index (κ1) is 14.2. The number of hydrogen-bond donors (Lipinski definition) is 2. The molecule has 6 heteroatoms. The van der Waals surface area contributed by atoms with Crippen LogP contribution in [0.1, 0.15) is 33.0 Å². The molecule has 2 aromatic heterocycles. The van der Waals surface area contributed by atoms with Gasteiger partial charge in [-0.15, -0.1) is 11.3 Å². The van der Waals surface area contributed by atoms with Gasteiger partial charge in [0.2, 0.25) is 0 Å². The molecule has 0 fully saturated rings. The number of nitrogens with two attached hydrogens (primary N) is 1. The quantitative estimate of drug-likeness (QED) is 0.628. The molecule has 0 radical (unpaired) electrons. The molecule has 0 aliphatic heterocycles. The molecule has 1 atom stereocenters. The molecule has 0 saturated heterocycles. The Balaban J connectivity index is 2.08. The summed E-state index contributed by atoms with van der Waals surface area (Å²) in [6.07, 6.45) is 1.24. The minimum Gasteiger partial charge on any atom is -0.371 e. The van der Waals surface area contributed by atoms with Crippen LogP contribution in [0.15, 0.2) is 11.4 Å². The first-order valence-electron chi connectivity index (χ1n) is 6.42. The molecule has 2 aromatic rings. The van der Waals surface area contributed by atoms with Crippen LogP contribution in [0.25, 0.3) is 10.2 Å². The molecule has 104 valence electrons. The highest BCUT2D eigenvalue weighted by molar-refractivity contribution is 7.16. The number of ether oxygens (including phenoxy) is 1. The Morgan fingerprint density at radius 1 is 1.37 bits per heavy atom. The molecular weight excluding hydrogens is 260 g/mol. The smallest absolute Gasteiger partial charge is 0.158 e. The van der Waals surface area contributed by atoms with Gasteiger partial charge < -0.3 is 10.2 Å². The minimum absolute atomic E-state index is 0.205. The van der Waals surface area contributed by atoms with Crippen LogP contribution >= 0.6 is 11.3 Å². The Bertz CT molecular complexity index is 540. The first-order valence-corrected chi connectivity index (χ1v) is 7.30. The van der Waals surface area contributed by atoms with Crippen molar-refractivity contribution >= 4 is 27.4 Å². The Kier molecular flexibility index (Phi) is 4.68. The molecular formula is C13H20N4OS. The molecule has 0 aliphatic carbocycles. The number of nitrogens with zero attached hydrogens (tertiary/aromatic N) is 2. The minimum atomic E-state index is 0.205. The molecule has 3 N–H and O–H groups in total. The fraction of sp³-hybridized carbons (Fsp3) is 0.538. The number of anilines is 1. The molecule has 0 aromatic carbocycles. The number of aromatic nitrogens is 2. The van der Waals surface area contributed by atoms with E-state index in [1.165, 1.54) is 0 Å². The van der Waals surface area contributed by atoms with Crippen molar-refractivity contribution < 1.29 is 4.74 Å². The molecule has 19 heavy (non-hydrogen) atoms. The zero-order chi connectivity index (χ0) is 13.8. The van der Waals surface area contributed by atoms with E-state index in [4.69, 9.17) is 10.6 Å². The van der Waals surface area contributed by atoms with Gasteiger partial charge in [-0.25, -0.2) is 15.8 Å². The zero-order valence-electron chi connectivity index (χ0n) is 11.5. The second-order valence-corrected chi connectivity index (χ2v) is 5.92. The third kappa shape index (κ3) is 3.62. The lowest BCUT2D eigenvalue weighted by Gasteiger charge is -2.14. The van der Waals surface area contributed by atoms with Crippen LogP contribution in [-0.4, -0.2) is 16.1 Å². The summed E-state index contributed by atoms with van der Waals surface area (Å²) in [4.78, 5) is 9.79. The topological polar surface area (TPSA) is 73.1 Å². The normalized spacial score (nSPS) is 13.1. The molecule has 1 unspecified atom stereocenters. The number of hydrogen-bond acceptors (Lipinski definition) is 6. The fourth-order valence-corrected chi connectivity index (χ4v) is 2.81. The summed E-state index contributed by atoms with van der Waals surface area (Å²) < 4.78 is 5.77. The molecule has 0 saturated carbocycles. The second kappa shape index (κ2) is 6.27. The van der Waals surface area contributed by atoms with Crippen LogP contribution in [0.4, 0.5) is 5.82 Å². The standard InChI is InChI=1S/C13H20N4OS/c1-8(2)6-9(3)18-7-11-15-12(17-14)10-4-5-19-13(10)16-11/h4-5,8-9H,6-7,14H2,1-3H3,(H,15,16,17). The highest BCUT2D eigenvalue weighted by Gasteiger charge is 2.10. The van der Waals surface area contributed by atoms with E-state index in [9.17, 15) is 0 Å². The Morgan fingerprint density at radius 3 is 2.84 bits per heavy atom. The van der Waals surface area contributed by atoms with Gasteiger partial charge in [0.25, 0.3) is 0 Å². The maximum atomic E-state index is 5.77. The van der Waals surface area contributed by atoms with Gasteiger partial charge in [-0.05, 0) is 30.7 Å². The van der Waals surface area contributed by atoms with Crippen LogP contribution < -0.4 is 11.3 Å². The third-order valence-corrected chi connectivity index (χ3v) is 3.61. The largest absolute Gasteiger partial charge is 0.371 e. The first-order chi connectivity index (χ1) is 9.10. The lowest BCUT2D eigenvalue weighted by Crippen LogP contribution is -2.14. The summed E-state index contributed by atoms with van der Waals surface area (Å²) in [5.41, 5.74) is 2.62. The van der Waals surface area contributed by atoms with Crippen LogP contribution in [-0.2, 0) is 11.3 Å². The van der Waals surface area contributed by atoms with Gasteiger partial charge in [0.05, 0.1) is 11.5 Å². The molecule has 0 bridgehead atoms. The molecule has 0 spiro atoms. The lowest BCUT2D eigenvalue weighted by molar-refractivity contribution is 0.0361. The number of nitrogens with one attached hydrogen (secondary N) is 1. The van der Waals surface area contributed by atoms with Crippen molar-refractivity contribution in [3.05, 3.63) is 17.3 Å². The summed E-state index contributed by atoms with van der Waals surface area (Å²) in [6.45, 7) is 6.86. The van der Waals surface area contributed by atoms with Crippen molar-refractivity contribution in [3.8, 4) is 0 Å².